The summed E-state index contributed by atoms with van der Waals surface area (Å²) in [5.74, 6) is 1.26. The highest BCUT2D eigenvalue weighted by molar-refractivity contribution is 5.74. The van der Waals surface area contributed by atoms with E-state index in [0.717, 1.165) is 51.9 Å². The fraction of sp³-hybridized carbons (Fsp3) is 0.500. The molecule has 1 aromatic heterocycles. The maximum atomic E-state index is 12.5. The van der Waals surface area contributed by atoms with Gasteiger partial charge in [-0.2, -0.15) is 0 Å². The van der Waals surface area contributed by atoms with Gasteiger partial charge in [-0.05, 0) is 42.7 Å². The number of fused-ring (bicyclic) bond motifs is 1. The van der Waals surface area contributed by atoms with Gasteiger partial charge >= 0.3 is 6.03 Å². The molecule has 7 heteroatoms. The molecule has 2 amide bonds. The summed E-state index contributed by atoms with van der Waals surface area (Å²) in [6.45, 7) is 4.29. The third-order valence-electron chi connectivity index (χ3n) is 6.42. The fourth-order valence-electron chi connectivity index (χ4n) is 4.37. The van der Waals surface area contributed by atoms with Gasteiger partial charge in [0, 0.05) is 38.3 Å². The highest BCUT2D eigenvalue weighted by Gasteiger charge is 2.28. The zero-order valence-corrected chi connectivity index (χ0v) is 17.7. The Morgan fingerprint density at radius 1 is 1.10 bits per heavy atom. The molecule has 0 radical (unpaired) electrons. The van der Waals surface area contributed by atoms with Gasteiger partial charge < -0.3 is 19.4 Å². The molecule has 1 saturated carbocycles. The zero-order chi connectivity index (χ0) is 21.2. The van der Waals surface area contributed by atoms with E-state index in [1.54, 1.807) is 6.07 Å². The van der Waals surface area contributed by atoms with Crippen molar-refractivity contribution in [2.45, 2.75) is 51.4 Å². The van der Waals surface area contributed by atoms with Crippen molar-refractivity contribution in [3.8, 4) is 5.75 Å². The number of carbonyl (C=O) groups excluding carboxylic acids is 1. The molecule has 31 heavy (non-hydrogen) atoms. The predicted octanol–water partition coefficient (Wildman–Crippen LogP) is 3.12. The Morgan fingerprint density at radius 2 is 1.81 bits per heavy atom. The molecule has 3 aliphatic rings. The van der Waals surface area contributed by atoms with Crippen molar-refractivity contribution in [2.24, 2.45) is 5.92 Å². The standard InChI is InChI=1S/C24H29N3O4/c28-22-11-21(14-26-12-18-3-1-2-4-19(18)13-26)30-16-23(22)31-15-17-7-9-27(10-8-17)24(29)25-20-5-6-20/h1-4,11,16-17,20H,5-10,12-15H2,(H,25,29). The Hall–Kier alpha value is -2.80. The van der Waals surface area contributed by atoms with Crippen LogP contribution in [0, 0.1) is 5.92 Å². The average Bonchev–Trinajstić information content (AvgIpc) is 3.49. The quantitative estimate of drug-likeness (QED) is 0.773. The van der Waals surface area contributed by atoms with E-state index in [1.165, 1.54) is 17.4 Å². The summed E-state index contributed by atoms with van der Waals surface area (Å²) in [4.78, 5) is 28.8. The van der Waals surface area contributed by atoms with Crippen LogP contribution in [-0.2, 0) is 19.6 Å². The second-order valence-corrected chi connectivity index (χ2v) is 8.95. The summed E-state index contributed by atoms with van der Waals surface area (Å²) >= 11 is 0. The van der Waals surface area contributed by atoms with Gasteiger partial charge in [-0.3, -0.25) is 9.69 Å². The molecular formula is C24H29N3O4. The molecule has 1 saturated heterocycles. The van der Waals surface area contributed by atoms with E-state index in [-0.39, 0.29) is 17.2 Å². The van der Waals surface area contributed by atoms with Crippen LogP contribution in [0.2, 0.25) is 0 Å². The first-order valence-corrected chi connectivity index (χ1v) is 11.2. The van der Waals surface area contributed by atoms with Crippen molar-refractivity contribution < 1.29 is 13.9 Å². The predicted molar refractivity (Wildman–Crippen MR) is 116 cm³/mol. The summed E-state index contributed by atoms with van der Waals surface area (Å²) in [5, 5.41) is 3.04. The number of amides is 2. The van der Waals surface area contributed by atoms with E-state index in [2.05, 4.69) is 34.5 Å². The minimum Gasteiger partial charge on any atom is -0.486 e. The number of piperidine rings is 1. The van der Waals surface area contributed by atoms with Crippen LogP contribution in [0.1, 0.15) is 42.6 Å². The van der Waals surface area contributed by atoms with Gasteiger partial charge in [-0.15, -0.1) is 0 Å². The van der Waals surface area contributed by atoms with E-state index >= 15 is 0 Å². The van der Waals surface area contributed by atoms with Gasteiger partial charge in [-0.1, -0.05) is 24.3 Å². The molecule has 5 rings (SSSR count). The number of urea groups is 1. The smallest absolute Gasteiger partial charge is 0.317 e. The van der Waals surface area contributed by atoms with Crippen molar-refractivity contribution in [2.75, 3.05) is 19.7 Å². The van der Waals surface area contributed by atoms with Gasteiger partial charge in [0.2, 0.25) is 11.2 Å². The number of likely N-dealkylation sites (tertiary alicyclic amines) is 1. The Balaban J connectivity index is 1.09. The molecule has 1 N–H and O–H groups in total. The molecule has 2 aliphatic heterocycles. The lowest BCUT2D eigenvalue weighted by molar-refractivity contribution is 0.143. The van der Waals surface area contributed by atoms with Gasteiger partial charge in [0.15, 0.2) is 0 Å². The van der Waals surface area contributed by atoms with Crippen LogP contribution in [0.4, 0.5) is 4.79 Å². The maximum absolute atomic E-state index is 12.5. The number of hydrogen-bond acceptors (Lipinski definition) is 5. The van der Waals surface area contributed by atoms with Crippen LogP contribution in [0.25, 0.3) is 0 Å². The molecule has 3 heterocycles. The first kappa shape index (κ1) is 20.1. The first-order chi connectivity index (χ1) is 15.1. The molecule has 1 aliphatic carbocycles. The van der Waals surface area contributed by atoms with Crippen molar-refractivity contribution >= 4 is 6.03 Å². The van der Waals surface area contributed by atoms with Crippen molar-refractivity contribution in [1.29, 1.82) is 0 Å². The molecule has 2 fully saturated rings. The van der Waals surface area contributed by atoms with Crippen molar-refractivity contribution in [3.05, 3.63) is 63.7 Å². The zero-order valence-electron chi connectivity index (χ0n) is 17.7. The normalized spacial score (nSPS) is 19.3. The third-order valence-corrected chi connectivity index (χ3v) is 6.42. The number of hydrogen-bond donors (Lipinski definition) is 1. The Kier molecular flexibility index (Phi) is 5.68. The SMILES string of the molecule is O=C(NC1CC1)N1CCC(COc2coc(CN3Cc4ccccc4C3)cc2=O)CC1. The molecule has 0 atom stereocenters. The Morgan fingerprint density at radius 3 is 2.45 bits per heavy atom. The van der Waals surface area contributed by atoms with Gasteiger partial charge in [0.1, 0.15) is 12.0 Å². The second kappa shape index (κ2) is 8.75. The van der Waals surface area contributed by atoms with Crippen LogP contribution < -0.4 is 15.5 Å². The lowest BCUT2D eigenvalue weighted by atomic mass is 9.98. The van der Waals surface area contributed by atoms with Crippen LogP contribution in [-0.4, -0.2) is 41.6 Å². The topological polar surface area (TPSA) is 75.0 Å². The van der Waals surface area contributed by atoms with Crippen LogP contribution in [0.15, 0.2) is 45.8 Å². The monoisotopic (exact) mass is 423 g/mol. The average molecular weight is 424 g/mol. The number of benzene rings is 1. The Labute approximate surface area is 182 Å². The lowest BCUT2D eigenvalue weighted by Crippen LogP contribution is -2.45. The molecule has 0 bridgehead atoms. The first-order valence-electron chi connectivity index (χ1n) is 11.2. The van der Waals surface area contributed by atoms with Crippen molar-refractivity contribution in [1.82, 2.24) is 15.1 Å². The summed E-state index contributed by atoms with van der Waals surface area (Å²) in [5.41, 5.74) is 2.53. The van der Waals surface area contributed by atoms with Crippen LogP contribution in [0.5, 0.6) is 5.75 Å². The highest BCUT2D eigenvalue weighted by atomic mass is 16.5. The second-order valence-electron chi connectivity index (χ2n) is 8.95. The maximum Gasteiger partial charge on any atom is 0.317 e. The molecule has 164 valence electrons. The van der Waals surface area contributed by atoms with Crippen LogP contribution >= 0.6 is 0 Å². The summed E-state index contributed by atoms with van der Waals surface area (Å²) < 4.78 is 11.5. The summed E-state index contributed by atoms with van der Waals surface area (Å²) in [6.07, 6.45) is 5.42. The molecule has 7 nitrogen and oxygen atoms in total. The number of carbonyl (C=O) groups is 1. The van der Waals surface area contributed by atoms with Crippen LogP contribution in [0.3, 0.4) is 0 Å². The van der Waals surface area contributed by atoms with E-state index in [4.69, 9.17) is 9.15 Å². The summed E-state index contributed by atoms with van der Waals surface area (Å²) in [7, 11) is 0. The number of rotatable bonds is 6. The number of nitrogens with zero attached hydrogens (tertiary/aromatic N) is 2. The number of ether oxygens (including phenoxy) is 1. The lowest BCUT2D eigenvalue weighted by Gasteiger charge is -2.31. The molecule has 0 spiro atoms. The summed E-state index contributed by atoms with van der Waals surface area (Å²) in [6, 6.07) is 10.4. The minimum absolute atomic E-state index is 0.0548. The van der Waals surface area contributed by atoms with E-state index in [0.29, 0.717) is 30.9 Å². The molecule has 1 aromatic carbocycles. The van der Waals surface area contributed by atoms with E-state index in [1.807, 2.05) is 4.90 Å². The van der Waals surface area contributed by atoms with Gasteiger partial charge in [0.25, 0.3) is 0 Å². The van der Waals surface area contributed by atoms with Crippen molar-refractivity contribution in [3.63, 3.8) is 0 Å². The van der Waals surface area contributed by atoms with E-state index < -0.39 is 0 Å². The minimum atomic E-state index is -0.140. The molecule has 0 unspecified atom stereocenters. The molecular weight excluding hydrogens is 394 g/mol. The van der Waals surface area contributed by atoms with Gasteiger partial charge in [-0.25, -0.2) is 4.79 Å². The largest absolute Gasteiger partial charge is 0.486 e. The highest BCUT2D eigenvalue weighted by Crippen LogP contribution is 2.24. The van der Waals surface area contributed by atoms with E-state index in [9.17, 15) is 9.59 Å². The van der Waals surface area contributed by atoms with Gasteiger partial charge in [0.05, 0.1) is 13.2 Å². The fourth-order valence-corrected chi connectivity index (χ4v) is 4.37. The Bertz CT molecular complexity index is 967. The number of nitrogens with one attached hydrogen (secondary N) is 1. The third kappa shape index (κ3) is 4.93. The molecule has 2 aromatic rings.